The first-order valence-electron chi connectivity index (χ1n) is 5.81. The molecule has 1 aromatic carbocycles. The van der Waals surface area contributed by atoms with Crippen LogP contribution in [0.1, 0.15) is 15.3 Å². The molecule has 1 heterocycles. The number of aromatic hydroxyl groups is 1. The van der Waals surface area contributed by atoms with Crippen LogP contribution in [0, 0.1) is 6.92 Å². The lowest BCUT2D eigenvalue weighted by atomic mass is 10.2. The summed E-state index contributed by atoms with van der Waals surface area (Å²) in [5, 5.41) is 13.2. The highest BCUT2D eigenvalue weighted by atomic mass is 32.1. The van der Waals surface area contributed by atoms with Gasteiger partial charge in [0.1, 0.15) is 0 Å². The molecule has 0 aliphatic heterocycles. The fourth-order valence-electron chi connectivity index (χ4n) is 1.78. The fourth-order valence-corrected chi connectivity index (χ4v) is 2.64. The van der Waals surface area contributed by atoms with Crippen LogP contribution < -0.4 is 10.1 Å². The molecular formula is C14H17NO2S. The van der Waals surface area contributed by atoms with E-state index in [2.05, 4.69) is 24.4 Å². The summed E-state index contributed by atoms with van der Waals surface area (Å²) in [6.07, 6.45) is 0. The third kappa shape index (κ3) is 3.03. The van der Waals surface area contributed by atoms with Gasteiger partial charge in [0.05, 0.1) is 7.11 Å². The van der Waals surface area contributed by atoms with Gasteiger partial charge >= 0.3 is 0 Å². The van der Waals surface area contributed by atoms with Gasteiger partial charge < -0.3 is 15.2 Å². The predicted octanol–water partition coefficient (Wildman–Crippen LogP) is 3.06. The van der Waals surface area contributed by atoms with E-state index in [1.165, 1.54) is 9.75 Å². The second-order valence-corrected chi connectivity index (χ2v) is 5.46. The van der Waals surface area contributed by atoms with Crippen molar-refractivity contribution in [3.8, 4) is 11.5 Å². The molecule has 0 aliphatic carbocycles. The standard InChI is InChI=1S/C14H17NO2S/c1-10-6-7-12(18-10)9-15-8-11-4-3-5-13(17-2)14(11)16/h3-7,15-16H,8-9H2,1-2H3. The first-order valence-corrected chi connectivity index (χ1v) is 6.63. The fraction of sp³-hybridized carbons (Fsp3) is 0.286. The Morgan fingerprint density at radius 3 is 2.72 bits per heavy atom. The van der Waals surface area contributed by atoms with Gasteiger partial charge in [0.15, 0.2) is 11.5 Å². The van der Waals surface area contributed by atoms with Gasteiger partial charge in [-0.3, -0.25) is 0 Å². The quantitative estimate of drug-likeness (QED) is 0.871. The van der Waals surface area contributed by atoms with Crippen LogP contribution in [-0.4, -0.2) is 12.2 Å². The van der Waals surface area contributed by atoms with Crippen LogP contribution >= 0.6 is 11.3 Å². The minimum atomic E-state index is 0.217. The number of thiophene rings is 1. The van der Waals surface area contributed by atoms with Crippen LogP contribution in [0.5, 0.6) is 11.5 Å². The highest BCUT2D eigenvalue weighted by Gasteiger charge is 2.06. The second-order valence-electron chi connectivity index (χ2n) is 4.08. The molecular weight excluding hydrogens is 246 g/mol. The molecule has 0 saturated heterocycles. The zero-order valence-corrected chi connectivity index (χ0v) is 11.4. The Labute approximate surface area is 111 Å². The minimum absolute atomic E-state index is 0.217. The topological polar surface area (TPSA) is 41.5 Å². The molecule has 0 saturated carbocycles. The van der Waals surface area contributed by atoms with Crippen LogP contribution in [0.3, 0.4) is 0 Å². The maximum absolute atomic E-state index is 9.93. The van der Waals surface area contributed by atoms with Crippen LogP contribution in [0.25, 0.3) is 0 Å². The van der Waals surface area contributed by atoms with Crippen molar-refractivity contribution < 1.29 is 9.84 Å². The zero-order valence-electron chi connectivity index (χ0n) is 10.6. The third-order valence-corrected chi connectivity index (χ3v) is 3.71. The maximum Gasteiger partial charge on any atom is 0.162 e. The lowest BCUT2D eigenvalue weighted by Gasteiger charge is -2.09. The molecule has 1 aromatic heterocycles. The number of nitrogens with one attached hydrogen (secondary N) is 1. The summed E-state index contributed by atoms with van der Waals surface area (Å²) in [5.41, 5.74) is 0.850. The zero-order chi connectivity index (χ0) is 13.0. The number of para-hydroxylation sites is 1. The maximum atomic E-state index is 9.93. The van der Waals surface area contributed by atoms with Gasteiger partial charge in [-0.15, -0.1) is 11.3 Å². The van der Waals surface area contributed by atoms with Crippen molar-refractivity contribution in [1.82, 2.24) is 5.32 Å². The van der Waals surface area contributed by atoms with E-state index in [4.69, 9.17) is 4.74 Å². The monoisotopic (exact) mass is 263 g/mol. The number of phenolic OH excluding ortho intramolecular Hbond substituents is 1. The molecule has 0 spiro atoms. The van der Waals surface area contributed by atoms with Gasteiger partial charge in [0, 0.05) is 28.4 Å². The summed E-state index contributed by atoms with van der Waals surface area (Å²) in [6.45, 7) is 3.54. The summed E-state index contributed by atoms with van der Waals surface area (Å²) >= 11 is 1.79. The minimum Gasteiger partial charge on any atom is -0.504 e. The van der Waals surface area contributed by atoms with Crippen molar-refractivity contribution in [3.05, 3.63) is 45.6 Å². The Balaban J connectivity index is 1.94. The molecule has 0 bridgehead atoms. The summed E-state index contributed by atoms with van der Waals surface area (Å²) in [6, 6.07) is 9.76. The molecule has 0 radical (unpaired) electrons. The van der Waals surface area contributed by atoms with Gasteiger partial charge in [-0.25, -0.2) is 0 Å². The highest BCUT2D eigenvalue weighted by molar-refractivity contribution is 7.11. The average molecular weight is 263 g/mol. The normalized spacial score (nSPS) is 10.6. The SMILES string of the molecule is COc1cccc(CNCc2ccc(C)s2)c1O. The van der Waals surface area contributed by atoms with E-state index >= 15 is 0 Å². The van der Waals surface area contributed by atoms with Gasteiger partial charge in [0.2, 0.25) is 0 Å². The molecule has 4 heteroatoms. The van der Waals surface area contributed by atoms with Crippen molar-refractivity contribution in [2.75, 3.05) is 7.11 Å². The van der Waals surface area contributed by atoms with Crippen molar-refractivity contribution >= 4 is 11.3 Å². The van der Waals surface area contributed by atoms with E-state index in [1.807, 2.05) is 12.1 Å². The van der Waals surface area contributed by atoms with Gasteiger partial charge in [-0.2, -0.15) is 0 Å². The Kier molecular flexibility index (Phi) is 4.23. The number of rotatable bonds is 5. The number of benzene rings is 1. The summed E-state index contributed by atoms with van der Waals surface area (Å²) in [5.74, 6) is 0.733. The van der Waals surface area contributed by atoms with Crippen LogP contribution in [0.4, 0.5) is 0 Å². The van der Waals surface area contributed by atoms with Crippen molar-refractivity contribution in [1.29, 1.82) is 0 Å². The number of hydrogen-bond acceptors (Lipinski definition) is 4. The molecule has 0 unspecified atom stereocenters. The molecule has 2 N–H and O–H groups in total. The van der Waals surface area contributed by atoms with E-state index in [-0.39, 0.29) is 5.75 Å². The van der Waals surface area contributed by atoms with Crippen molar-refractivity contribution in [3.63, 3.8) is 0 Å². The number of methoxy groups -OCH3 is 1. The smallest absolute Gasteiger partial charge is 0.162 e. The molecule has 2 rings (SSSR count). The third-order valence-electron chi connectivity index (χ3n) is 2.71. The molecule has 3 nitrogen and oxygen atoms in total. The van der Waals surface area contributed by atoms with Crippen molar-refractivity contribution in [2.24, 2.45) is 0 Å². The van der Waals surface area contributed by atoms with E-state index in [9.17, 15) is 5.11 Å². The average Bonchev–Trinajstić information content (AvgIpc) is 2.77. The van der Waals surface area contributed by atoms with E-state index in [0.717, 1.165) is 12.1 Å². The molecule has 0 fully saturated rings. The Morgan fingerprint density at radius 1 is 1.22 bits per heavy atom. The van der Waals surface area contributed by atoms with Gasteiger partial charge in [-0.1, -0.05) is 12.1 Å². The van der Waals surface area contributed by atoms with E-state index in [0.29, 0.717) is 12.3 Å². The highest BCUT2D eigenvalue weighted by Crippen LogP contribution is 2.29. The second kappa shape index (κ2) is 5.89. The summed E-state index contributed by atoms with van der Waals surface area (Å²) in [4.78, 5) is 2.62. The number of aryl methyl sites for hydroxylation is 1. The number of hydrogen-bond donors (Lipinski definition) is 2. The van der Waals surface area contributed by atoms with Crippen molar-refractivity contribution in [2.45, 2.75) is 20.0 Å². The molecule has 0 atom stereocenters. The molecule has 96 valence electrons. The first kappa shape index (κ1) is 12.9. The van der Waals surface area contributed by atoms with Crippen LogP contribution in [0.15, 0.2) is 30.3 Å². The summed E-state index contributed by atoms with van der Waals surface area (Å²) in [7, 11) is 1.56. The van der Waals surface area contributed by atoms with E-state index < -0.39 is 0 Å². The first-order chi connectivity index (χ1) is 8.70. The van der Waals surface area contributed by atoms with Gasteiger partial charge in [-0.05, 0) is 25.1 Å². The number of ether oxygens (including phenoxy) is 1. The summed E-state index contributed by atoms with van der Waals surface area (Å²) < 4.78 is 5.08. The Morgan fingerprint density at radius 2 is 2.06 bits per heavy atom. The molecule has 18 heavy (non-hydrogen) atoms. The lowest BCUT2D eigenvalue weighted by molar-refractivity contribution is 0.369. The largest absolute Gasteiger partial charge is 0.504 e. The predicted molar refractivity (Wildman–Crippen MR) is 74.3 cm³/mol. The van der Waals surface area contributed by atoms with Crippen LogP contribution in [-0.2, 0) is 13.1 Å². The molecule has 2 aromatic rings. The Hall–Kier alpha value is -1.52. The van der Waals surface area contributed by atoms with E-state index in [1.54, 1.807) is 24.5 Å². The number of phenols is 1. The molecule has 0 amide bonds. The Bertz CT molecular complexity index is 522. The van der Waals surface area contributed by atoms with Gasteiger partial charge in [0.25, 0.3) is 0 Å². The molecule has 0 aliphatic rings. The van der Waals surface area contributed by atoms with Crippen LogP contribution in [0.2, 0.25) is 0 Å². The lowest BCUT2D eigenvalue weighted by Crippen LogP contribution is -2.11.